The van der Waals surface area contributed by atoms with Gasteiger partial charge in [-0.2, -0.15) is 4.98 Å². The number of hydrogen-bond donors (Lipinski definition) is 2. The van der Waals surface area contributed by atoms with Crippen molar-refractivity contribution in [3.05, 3.63) is 137 Å². The number of hydrogen-bond acceptors (Lipinski definition) is 11. The number of ether oxygens (including phenoxy) is 7. The van der Waals surface area contributed by atoms with Gasteiger partial charge in [-0.3, -0.25) is 4.79 Å². The van der Waals surface area contributed by atoms with Crippen molar-refractivity contribution in [1.82, 2.24) is 9.97 Å². The van der Waals surface area contributed by atoms with Crippen molar-refractivity contribution in [2.45, 2.75) is 45.4 Å². The van der Waals surface area contributed by atoms with E-state index in [4.69, 9.17) is 38.1 Å². The molecule has 0 fully saturated rings. The van der Waals surface area contributed by atoms with Gasteiger partial charge in [-0.1, -0.05) is 75.4 Å². The molecule has 330 valence electrons. The van der Waals surface area contributed by atoms with E-state index in [1.165, 1.54) is 7.11 Å². The summed E-state index contributed by atoms with van der Waals surface area (Å²) in [5, 5.41) is 7.47. The molecule has 0 aliphatic carbocycles. The quantitative estimate of drug-likeness (QED) is 0.0497. The summed E-state index contributed by atoms with van der Waals surface area (Å²) in [6, 6.07) is 31.6. The molecule has 0 bridgehead atoms. The molecule has 2 N–H and O–H groups in total. The van der Waals surface area contributed by atoms with E-state index in [1.807, 2.05) is 84.9 Å². The van der Waals surface area contributed by atoms with Crippen LogP contribution in [0.15, 0.2) is 109 Å². The van der Waals surface area contributed by atoms with E-state index in [-0.39, 0.29) is 11.2 Å². The van der Waals surface area contributed by atoms with E-state index in [1.54, 1.807) is 38.6 Å². The van der Waals surface area contributed by atoms with Crippen LogP contribution in [0.25, 0.3) is 10.8 Å². The molecule has 5 aromatic carbocycles. The average molecular weight is 857 g/mol. The van der Waals surface area contributed by atoms with E-state index in [0.717, 1.165) is 27.5 Å². The van der Waals surface area contributed by atoms with Crippen LogP contribution in [0.4, 0.5) is 16.2 Å². The average Bonchev–Trinajstić information content (AvgIpc) is 3.28. The van der Waals surface area contributed by atoms with Crippen molar-refractivity contribution < 1.29 is 42.7 Å². The lowest BCUT2D eigenvalue weighted by molar-refractivity contribution is 0.0179. The zero-order valence-corrected chi connectivity index (χ0v) is 36.8. The van der Waals surface area contributed by atoms with Crippen molar-refractivity contribution >= 4 is 34.0 Å². The number of anilines is 2. The van der Waals surface area contributed by atoms with Gasteiger partial charge in [-0.15, -0.1) is 0 Å². The molecule has 2 amide bonds. The van der Waals surface area contributed by atoms with E-state index in [2.05, 4.69) is 36.4 Å². The van der Waals surface area contributed by atoms with Gasteiger partial charge in [-0.05, 0) is 64.9 Å². The highest BCUT2D eigenvalue weighted by Gasteiger charge is 2.24. The van der Waals surface area contributed by atoms with E-state index in [0.29, 0.717) is 111 Å². The number of Topliss-reactive ketones (excluding diaryl/α,β-unsaturated/α-hetero) is 1. The Morgan fingerprint density at radius 2 is 1.37 bits per heavy atom. The number of rotatable bonds is 22. The van der Waals surface area contributed by atoms with Crippen LogP contribution >= 0.6 is 0 Å². The van der Waals surface area contributed by atoms with E-state index in [9.17, 15) is 9.59 Å². The largest absolute Gasteiger partial charge is 0.497 e. The predicted molar refractivity (Wildman–Crippen MR) is 244 cm³/mol. The summed E-state index contributed by atoms with van der Waals surface area (Å²) < 4.78 is 39.7. The Morgan fingerprint density at radius 1 is 0.667 bits per heavy atom. The third-order valence-electron chi connectivity index (χ3n) is 10.1. The molecule has 0 saturated heterocycles. The molecule has 0 spiro atoms. The maximum Gasteiger partial charge on any atom is 0.323 e. The first-order valence-corrected chi connectivity index (χ1v) is 20.9. The highest BCUT2D eigenvalue weighted by atomic mass is 16.6. The number of aromatic nitrogens is 2. The van der Waals surface area contributed by atoms with Gasteiger partial charge in [0.1, 0.15) is 29.7 Å². The number of urea groups is 1. The smallest absolute Gasteiger partial charge is 0.323 e. The number of carbonyl (C=O) groups is 2. The normalized spacial score (nSPS) is 11.3. The summed E-state index contributed by atoms with van der Waals surface area (Å²) in [4.78, 5) is 36.7. The number of aryl methyl sites for hydroxylation is 1. The van der Waals surface area contributed by atoms with Gasteiger partial charge in [0.15, 0.2) is 11.5 Å². The highest BCUT2D eigenvalue weighted by Crippen LogP contribution is 2.38. The summed E-state index contributed by atoms with van der Waals surface area (Å²) in [5.41, 5.74) is 3.91. The topological polar surface area (TPSA) is 149 Å². The molecule has 63 heavy (non-hydrogen) atoms. The fourth-order valence-corrected chi connectivity index (χ4v) is 6.80. The number of nitrogens with zero attached hydrogens (tertiary/aromatic N) is 2. The second-order valence-corrected chi connectivity index (χ2v) is 15.7. The molecule has 6 aromatic rings. The first-order valence-electron chi connectivity index (χ1n) is 20.9. The SMILES string of the molecule is COCCOCCOCCOc1cc(Cc2nccc(Oc3ccc(NC(=O)Nc4cc(C(C)(C)C)cc(C(=O)CCc5ccccc5)c4OC)c4ccccc34)n2)cc(OC)c1. The molecule has 0 atom stereocenters. The Hall–Kier alpha value is -6.54. The van der Waals surface area contributed by atoms with E-state index < -0.39 is 6.03 Å². The number of benzene rings is 5. The van der Waals surface area contributed by atoms with Gasteiger partial charge in [0.25, 0.3) is 0 Å². The van der Waals surface area contributed by atoms with Crippen LogP contribution in [-0.2, 0) is 32.5 Å². The number of carbonyl (C=O) groups excluding carboxylic acids is 2. The fraction of sp³-hybridized carbons (Fsp3) is 0.320. The number of ketones is 1. The van der Waals surface area contributed by atoms with Gasteiger partial charge in [0.2, 0.25) is 5.88 Å². The minimum absolute atomic E-state index is 0.0728. The zero-order valence-electron chi connectivity index (χ0n) is 36.8. The lowest BCUT2D eigenvalue weighted by Crippen LogP contribution is -2.22. The summed E-state index contributed by atoms with van der Waals surface area (Å²) in [7, 11) is 4.75. The van der Waals surface area contributed by atoms with Crippen molar-refractivity contribution in [2.24, 2.45) is 0 Å². The van der Waals surface area contributed by atoms with Gasteiger partial charge < -0.3 is 43.8 Å². The van der Waals surface area contributed by atoms with Gasteiger partial charge in [0, 0.05) is 49.1 Å². The van der Waals surface area contributed by atoms with Crippen molar-refractivity contribution in [1.29, 1.82) is 0 Å². The summed E-state index contributed by atoms with van der Waals surface area (Å²) >= 11 is 0. The minimum Gasteiger partial charge on any atom is -0.497 e. The Bertz CT molecular complexity index is 2450. The molecule has 0 aliphatic rings. The fourth-order valence-electron chi connectivity index (χ4n) is 6.80. The molecule has 6 rings (SSSR count). The zero-order chi connectivity index (χ0) is 44.6. The third-order valence-corrected chi connectivity index (χ3v) is 10.1. The molecule has 0 saturated carbocycles. The highest BCUT2D eigenvalue weighted by molar-refractivity contribution is 6.09. The number of fused-ring (bicyclic) bond motifs is 1. The van der Waals surface area contributed by atoms with Crippen LogP contribution in [-0.4, -0.2) is 82.8 Å². The van der Waals surface area contributed by atoms with Crippen LogP contribution in [0.5, 0.6) is 28.9 Å². The standard InChI is InChI=1S/C50H56N4O9/c1-50(2,3)36-31-41(44(55)18-16-34-12-8-7-9-13-34)48(59-6)43(32-36)53-49(56)52-42-17-19-45(40-15-11-10-14-39(40)42)63-47-20-21-51-46(54-47)30-35-28-37(58-5)33-38(29-35)62-27-26-61-25-24-60-23-22-57-4/h7-15,17,19-21,28-29,31-33H,16,18,22-27,30H2,1-6H3,(H2,52,53,56). The van der Waals surface area contributed by atoms with Crippen molar-refractivity contribution in [3.8, 4) is 28.9 Å². The molecule has 1 aromatic heterocycles. The van der Waals surface area contributed by atoms with Crippen LogP contribution in [0.2, 0.25) is 0 Å². The first-order chi connectivity index (χ1) is 30.5. The molecule has 13 nitrogen and oxygen atoms in total. The number of methoxy groups -OCH3 is 3. The third kappa shape index (κ3) is 13.2. The number of nitrogens with one attached hydrogen (secondary N) is 2. The summed E-state index contributed by atoms with van der Waals surface area (Å²) in [5.74, 6) is 2.95. The summed E-state index contributed by atoms with van der Waals surface area (Å²) in [6.45, 7) is 8.97. The number of amides is 2. The molecule has 1 heterocycles. The molecule has 0 aliphatic heterocycles. The molecule has 13 heteroatoms. The van der Waals surface area contributed by atoms with Crippen LogP contribution < -0.4 is 29.6 Å². The molecule has 0 radical (unpaired) electrons. The Balaban J connectivity index is 1.13. The second kappa shape index (κ2) is 22.5. The summed E-state index contributed by atoms with van der Waals surface area (Å²) in [6.07, 6.45) is 2.92. The Labute approximate surface area is 369 Å². The first kappa shape index (κ1) is 46.0. The van der Waals surface area contributed by atoms with Crippen LogP contribution in [0.3, 0.4) is 0 Å². The van der Waals surface area contributed by atoms with Crippen molar-refractivity contribution in [3.63, 3.8) is 0 Å². The molecular weight excluding hydrogens is 801 g/mol. The monoisotopic (exact) mass is 856 g/mol. The van der Waals surface area contributed by atoms with Gasteiger partial charge >= 0.3 is 6.03 Å². The van der Waals surface area contributed by atoms with Crippen LogP contribution in [0, 0.1) is 0 Å². The maximum atomic E-state index is 13.8. The lowest BCUT2D eigenvalue weighted by Gasteiger charge is -2.23. The van der Waals surface area contributed by atoms with Gasteiger partial charge in [0.05, 0.1) is 64.2 Å². The maximum absolute atomic E-state index is 13.8. The Morgan fingerprint density at radius 3 is 2.10 bits per heavy atom. The predicted octanol–water partition coefficient (Wildman–Crippen LogP) is 9.85. The van der Waals surface area contributed by atoms with E-state index >= 15 is 0 Å². The Kier molecular flexibility index (Phi) is 16.4. The second-order valence-electron chi connectivity index (χ2n) is 15.7. The van der Waals surface area contributed by atoms with Crippen molar-refractivity contribution in [2.75, 3.05) is 71.6 Å². The minimum atomic E-state index is -0.500. The molecule has 0 unspecified atom stereocenters. The van der Waals surface area contributed by atoms with Gasteiger partial charge in [-0.25, -0.2) is 9.78 Å². The molecular formula is C50H56N4O9. The van der Waals surface area contributed by atoms with Crippen LogP contribution in [0.1, 0.15) is 60.1 Å². The lowest BCUT2D eigenvalue weighted by atomic mass is 9.84.